The van der Waals surface area contributed by atoms with Gasteiger partial charge in [-0.3, -0.25) is 14.3 Å². The van der Waals surface area contributed by atoms with E-state index >= 15 is 0 Å². The van der Waals surface area contributed by atoms with Gasteiger partial charge in [-0.2, -0.15) is 5.10 Å². The highest BCUT2D eigenvalue weighted by Gasteiger charge is 2.11. The highest BCUT2D eigenvalue weighted by molar-refractivity contribution is 5.79. The molecular weight excluding hydrogens is 266 g/mol. The van der Waals surface area contributed by atoms with Crippen LogP contribution in [0.2, 0.25) is 0 Å². The van der Waals surface area contributed by atoms with Crippen LogP contribution in [0.4, 0.5) is 0 Å². The Balaban J connectivity index is 2.13. The maximum Gasteiger partial charge on any atom is 0.224 e. The molecule has 5 nitrogen and oxygen atoms in total. The average Bonchev–Trinajstić information content (AvgIpc) is 2.46. The largest absolute Gasteiger partial charge is 0.345 e. The number of amides is 1. The number of hydrogen-bond donors (Lipinski definition) is 0. The van der Waals surface area contributed by atoms with Gasteiger partial charge in [0.15, 0.2) is 0 Å². The van der Waals surface area contributed by atoms with E-state index in [0.29, 0.717) is 24.3 Å². The lowest BCUT2D eigenvalue weighted by atomic mass is 10.2. The van der Waals surface area contributed by atoms with Crippen LogP contribution in [0.5, 0.6) is 0 Å². The molecule has 112 valence electrons. The van der Waals surface area contributed by atoms with E-state index in [9.17, 15) is 9.59 Å². The first kappa shape index (κ1) is 15.2. The number of carbonyl (C=O) groups excluding carboxylic acids is 1. The molecule has 0 atom stereocenters. The van der Waals surface area contributed by atoms with Gasteiger partial charge >= 0.3 is 0 Å². The van der Waals surface area contributed by atoms with Crippen molar-refractivity contribution >= 4 is 16.8 Å². The van der Waals surface area contributed by atoms with E-state index < -0.39 is 0 Å². The van der Waals surface area contributed by atoms with E-state index in [4.69, 9.17) is 0 Å². The van der Waals surface area contributed by atoms with Crippen LogP contribution < -0.4 is 5.43 Å². The molecule has 2 rings (SSSR count). The zero-order valence-electron chi connectivity index (χ0n) is 12.7. The third kappa shape index (κ3) is 3.68. The molecule has 0 aliphatic carbocycles. The van der Waals surface area contributed by atoms with Crippen LogP contribution >= 0.6 is 0 Å². The van der Waals surface area contributed by atoms with Crippen molar-refractivity contribution in [1.29, 1.82) is 0 Å². The maximum absolute atomic E-state index is 12.1. The molecule has 0 aliphatic rings. The Labute approximate surface area is 124 Å². The minimum atomic E-state index is -0.0925. The Hall–Kier alpha value is -2.17. The molecule has 5 heteroatoms. The Morgan fingerprint density at radius 2 is 2.05 bits per heavy atom. The lowest BCUT2D eigenvalue weighted by Gasteiger charge is -2.19. The van der Waals surface area contributed by atoms with Crippen molar-refractivity contribution < 1.29 is 4.79 Å². The van der Waals surface area contributed by atoms with Gasteiger partial charge in [0, 0.05) is 25.4 Å². The summed E-state index contributed by atoms with van der Waals surface area (Å²) in [6.45, 7) is 5.39. The molecule has 21 heavy (non-hydrogen) atoms. The van der Waals surface area contributed by atoms with Crippen LogP contribution in [0.3, 0.4) is 0 Å². The summed E-state index contributed by atoms with van der Waals surface area (Å²) in [5, 5.41) is 4.77. The van der Waals surface area contributed by atoms with Crippen LogP contribution in [-0.4, -0.2) is 34.2 Å². The first-order valence-corrected chi connectivity index (χ1v) is 7.18. The van der Waals surface area contributed by atoms with E-state index in [1.807, 2.05) is 25.2 Å². The second kappa shape index (κ2) is 6.52. The van der Waals surface area contributed by atoms with Gasteiger partial charge in [-0.15, -0.1) is 0 Å². The highest BCUT2D eigenvalue weighted by atomic mass is 16.2. The van der Waals surface area contributed by atoms with Crippen molar-refractivity contribution in [3.63, 3.8) is 0 Å². The minimum Gasteiger partial charge on any atom is -0.345 e. The molecule has 0 saturated heterocycles. The number of rotatable bonds is 5. The van der Waals surface area contributed by atoms with Gasteiger partial charge in [0.2, 0.25) is 11.3 Å². The Bertz CT molecular complexity index is 691. The van der Waals surface area contributed by atoms with Gasteiger partial charge < -0.3 is 4.90 Å². The van der Waals surface area contributed by atoms with Gasteiger partial charge in [-0.05, 0) is 18.1 Å². The second-order valence-corrected chi connectivity index (χ2v) is 5.67. The van der Waals surface area contributed by atoms with Gasteiger partial charge in [-0.1, -0.05) is 26.0 Å². The first-order chi connectivity index (χ1) is 9.99. The number of benzene rings is 1. The topological polar surface area (TPSA) is 55.2 Å². The fourth-order valence-electron chi connectivity index (χ4n) is 2.38. The van der Waals surface area contributed by atoms with Crippen molar-refractivity contribution in [3.8, 4) is 0 Å². The molecule has 0 radical (unpaired) electrons. The molecule has 0 bridgehead atoms. The van der Waals surface area contributed by atoms with Crippen molar-refractivity contribution in [1.82, 2.24) is 14.7 Å². The smallest absolute Gasteiger partial charge is 0.224 e. The molecule has 1 amide bonds. The normalized spacial score (nSPS) is 11.0. The molecule has 2 aromatic rings. The van der Waals surface area contributed by atoms with E-state index in [0.717, 1.165) is 12.1 Å². The van der Waals surface area contributed by atoms with Crippen LogP contribution in [0, 0.1) is 5.92 Å². The second-order valence-electron chi connectivity index (χ2n) is 5.67. The lowest BCUT2D eigenvalue weighted by molar-refractivity contribution is -0.130. The summed E-state index contributed by atoms with van der Waals surface area (Å²) in [4.78, 5) is 25.6. The lowest BCUT2D eigenvalue weighted by Crippen LogP contribution is -2.31. The number of aryl methyl sites for hydroxylation is 1. The summed E-state index contributed by atoms with van der Waals surface area (Å²) in [6.07, 6.45) is 1.69. The molecule has 0 spiro atoms. The zero-order valence-corrected chi connectivity index (χ0v) is 12.7. The molecule has 0 saturated carbocycles. The molecule has 1 aromatic heterocycles. The number of hydrogen-bond acceptors (Lipinski definition) is 3. The van der Waals surface area contributed by atoms with Crippen LogP contribution in [0.15, 0.2) is 35.3 Å². The Morgan fingerprint density at radius 1 is 1.33 bits per heavy atom. The van der Waals surface area contributed by atoms with Gasteiger partial charge in [0.1, 0.15) is 0 Å². The van der Waals surface area contributed by atoms with Crippen molar-refractivity contribution in [2.45, 2.75) is 26.8 Å². The monoisotopic (exact) mass is 287 g/mol. The van der Waals surface area contributed by atoms with Gasteiger partial charge in [-0.25, -0.2) is 0 Å². The van der Waals surface area contributed by atoms with Crippen LogP contribution in [-0.2, 0) is 11.3 Å². The summed E-state index contributed by atoms with van der Waals surface area (Å²) in [7, 11) is 1.82. The number of para-hydroxylation sites is 1. The van der Waals surface area contributed by atoms with E-state index in [1.54, 1.807) is 15.6 Å². The predicted octanol–water partition coefficient (Wildman–Crippen LogP) is 1.90. The fraction of sp³-hybridized carbons (Fsp3) is 0.438. The Kier molecular flexibility index (Phi) is 4.73. The summed E-state index contributed by atoms with van der Waals surface area (Å²) in [5.41, 5.74) is 0.675. The first-order valence-electron chi connectivity index (χ1n) is 7.18. The van der Waals surface area contributed by atoms with Gasteiger partial charge in [0.05, 0.1) is 18.3 Å². The zero-order chi connectivity index (χ0) is 15.4. The summed E-state index contributed by atoms with van der Waals surface area (Å²) < 4.78 is 1.72. The summed E-state index contributed by atoms with van der Waals surface area (Å²) in [5.74, 6) is 0.540. The van der Waals surface area contributed by atoms with E-state index in [2.05, 4.69) is 18.9 Å². The maximum atomic E-state index is 12.1. The SMILES string of the molecule is CC(C)CN(C)C(=O)CCn1ncc(=O)c2ccccc21. The average molecular weight is 287 g/mol. The number of nitrogens with zero attached hydrogens (tertiary/aromatic N) is 3. The van der Waals surface area contributed by atoms with Crippen molar-refractivity contribution in [2.75, 3.05) is 13.6 Å². The molecule has 0 unspecified atom stereocenters. The van der Waals surface area contributed by atoms with Crippen LogP contribution in [0.25, 0.3) is 10.9 Å². The molecule has 1 heterocycles. The molecule has 0 aliphatic heterocycles. The number of carbonyl (C=O) groups is 1. The third-order valence-corrected chi connectivity index (χ3v) is 3.36. The molecule has 0 N–H and O–H groups in total. The fourth-order valence-corrected chi connectivity index (χ4v) is 2.38. The standard InChI is InChI=1S/C16H21N3O2/c1-12(2)11-18(3)16(21)8-9-19-14-7-5-4-6-13(14)15(20)10-17-19/h4-7,10,12H,8-9,11H2,1-3H3. The van der Waals surface area contributed by atoms with E-state index in [-0.39, 0.29) is 11.3 Å². The van der Waals surface area contributed by atoms with Crippen molar-refractivity contribution in [2.24, 2.45) is 5.92 Å². The molecular formula is C16H21N3O2. The van der Waals surface area contributed by atoms with Crippen LogP contribution in [0.1, 0.15) is 20.3 Å². The predicted molar refractivity (Wildman–Crippen MR) is 83.1 cm³/mol. The Morgan fingerprint density at radius 3 is 2.76 bits per heavy atom. The quantitative estimate of drug-likeness (QED) is 0.844. The minimum absolute atomic E-state index is 0.0910. The highest BCUT2D eigenvalue weighted by Crippen LogP contribution is 2.09. The van der Waals surface area contributed by atoms with E-state index in [1.165, 1.54) is 6.20 Å². The summed E-state index contributed by atoms with van der Waals surface area (Å²) in [6, 6.07) is 7.33. The third-order valence-electron chi connectivity index (χ3n) is 3.36. The van der Waals surface area contributed by atoms with Crippen molar-refractivity contribution in [3.05, 3.63) is 40.7 Å². The number of aromatic nitrogens is 2. The van der Waals surface area contributed by atoms with Gasteiger partial charge in [0.25, 0.3) is 0 Å². The molecule has 0 fully saturated rings. The molecule has 1 aromatic carbocycles. The number of fused-ring (bicyclic) bond motifs is 1. The summed E-state index contributed by atoms with van der Waals surface area (Å²) >= 11 is 0.